The van der Waals surface area contributed by atoms with Gasteiger partial charge in [-0.1, -0.05) is 30.3 Å². The molecule has 0 spiro atoms. The SMILES string of the molecule is Cc1nc(Cl)nc2c1ncn2CCCCOC(=O)NCc1ccc(NS(=O)(=O)c2ccccc2)cc1. The van der Waals surface area contributed by atoms with Gasteiger partial charge in [-0.05, 0) is 61.2 Å². The van der Waals surface area contributed by atoms with Gasteiger partial charge in [0.15, 0.2) is 5.65 Å². The third-order valence-electron chi connectivity index (χ3n) is 5.33. The summed E-state index contributed by atoms with van der Waals surface area (Å²) in [5.41, 5.74) is 3.37. The maximum atomic E-state index is 12.4. The number of carbonyl (C=O) groups is 1. The fourth-order valence-electron chi connectivity index (χ4n) is 3.49. The van der Waals surface area contributed by atoms with E-state index in [1.165, 1.54) is 12.1 Å². The van der Waals surface area contributed by atoms with E-state index in [0.717, 1.165) is 23.2 Å². The van der Waals surface area contributed by atoms with Crippen LogP contribution in [-0.2, 0) is 27.8 Å². The van der Waals surface area contributed by atoms with Crippen LogP contribution in [0.15, 0.2) is 65.8 Å². The number of ether oxygens (including phenoxy) is 1. The van der Waals surface area contributed by atoms with Crippen molar-refractivity contribution in [3.05, 3.63) is 77.5 Å². The zero-order chi connectivity index (χ0) is 25.5. The number of halogens is 1. The van der Waals surface area contributed by atoms with Crippen molar-refractivity contribution in [3.8, 4) is 0 Å². The molecule has 2 heterocycles. The molecule has 12 heteroatoms. The monoisotopic (exact) mass is 528 g/mol. The topological polar surface area (TPSA) is 128 Å². The van der Waals surface area contributed by atoms with Gasteiger partial charge in [-0.25, -0.2) is 23.2 Å². The molecule has 0 bridgehead atoms. The Hall–Kier alpha value is -3.70. The molecule has 0 aliphatic rings. The number of nitrogens with zero attached hydrogens (tertiary/aromatic N) is 4. The van der Waals surface area contributed by atoms with E-state index in [1.807, 2.05) is 11.5 Å². The number of hydrogen-bond acceptors (Lipinski definition) is 7. The highest BCUT2D eigenvalue weighted by molar-refractivity contribution is 7.92. The number of rotatable bonds is 10. The van der Waals surface area contributed by atoms with Crippen molar-refractivity contribution in [3.63, 3.8) is 0 Å². The van der Waals surface area contributed by atoms with Gasteiger partial charge in [-0.3, -0.25) is 4.72 Å². The number of benzene rings is 2. The molecule has 10 nitrogen and oxygen atoms in total. The number of aromatic nitrogens is 4. The lowest BCUT2D eigenvalue weighted by molar-refractivity contribution is 0.143. The maximum absolute atomic E-state index is 12.4. The van der Waals surface area contributed by atoms with E-state index in [9.17, 15) is 13.2 Å². The van der Waals surface area contributed by atoms with Crippen molar-refractivity contribution in [2.75, 3.05) is 11.3 Å². The Labute approximate surface area is 213 Å². The number of hydrogen-bond donors (Lipinski definition) is 2. The number of sulfonamides is 1. The summed E-state index contributed by atoms with van der Waals surface area (Å²) in [5.74, 6) is 0. The predicted molar refractivity (Wildman–Crippen MR) is 136 cm³/mol. The second-order valence-corrected chi connectivity index (χ2v) is 10.0. The minimum atomic E-state index is -3.65. The Morgan fingerprint density at radius 1 is 1.06 bits per heavy atom. The first-order chi connectivity index (χ1) is 17.3. The summed E-state index contributed by atoms with van der Waals surface area (Å²) in [6.07, 6.45) is 2.61. The van der Waals surface area contributed by atoms with Gasteiger partial charge in [0.25, 0.3) is 10.0 Å². The number of nitrogens with one attached hydrogen (secondary N) is 2. The molecule has 0 radical (unpaired) electrons. The second kappa shape index (κ2) is 11.4. The summed E-state index contributed by atoms with van der Waals surface area (Å²) >= 11 is 5.95. The highest BCUT2D eigenvalue weighted by Crippen LogP contribution is 2.17. The number of imidazole rings is 1. The molecule has 2 aromatic heterocycles. The second-order valence-electron chi connectivity index (χ2n) is 8.00. The van der Waals surface area contributed by atoms with Crippen LogP contribution >= 0.6 is 11.6 Å². The molecule has 0 aliphatic carbocycles. The number of amides is 1. The van der Waals surface area contributed by atoms with Crippen LogP contribution in [-0.4, -0.2) is 40.6 Å². The molecule has 0 saturated carbocycles. The van der Waals surface area contributed by atoms with Gasteiger partial charge < -0.3 is 14.6 Å². The van der Waals surface area contributed by atoms with Gasteiger partial charge >= 0.3 is 6.09 Å². The fourth-order valence-corrected chi connectivity index (χ4v) is 4.78. The molecular formula is C24H25ClN6O4S. The number of carbonyl (C=O) groups excluding carboxylic acids is 1. The summed E-state index contributed by atoms with van der Waals surface area (Å²) in [7, 11) is -3.65. The van der Waals surface area contributed by atoms with Crippen molar-refractivity contribution < 1.29 is 17.9 Å². The van der Waals surface area contributed by atoms with Crippen molar-refractivity contribution in [2.24, 2.45) is 0 Å². The predicted octanol–water partition coefficient (Wildman–Crippen LogP) is 4.30. The fraction of sp³-hybridized carbons (Fsp3) is 0.250. The first-order valence-corrected chi connectivity index (χ1v) is 13.1. The normalized spacial score (nSPS) is 11.4. The molecule has 1 amide bonds. The van der Waals surface area contributed by atoms with Crippen molar-refractivity contribution in [1.82, 2.24) is 24.8 Å². The summed E-state index contributed by atoms with van der Waals surface area (Å²) in [6.45, 7) is 3.02. The first-order valence-electron chi connectivity index (χ1n) is 11.2. The Morgan fingerprint density at radius 2 is 1.81 bits per heavy atom. The third-order valence-corrected chi connectivity index (χ3v) is 6.90. The van der Waals surface area contributed by atoms with Gasteiger partial charge in [-0.2, -0.15) is 4.98 Å². The molecule has 4 rings (SSSR count). The number of alkyl carbamates (subject to hydrolysis) is 1. The van der Waals surface area contributed by atoms with E-state index in [4.69, 9.17) is 16.3 Å². The molecule has 0 atom stereocenters. The number of aryl methyl sites for hydroxylation is 2. The van der Waals surface area contributed by atoms with Crippen LogP contribution < -0.4 is 10.0 Å². The van der Waals surface area contributed by atoms with E-state index >= 15 is 0 Å². The van der Waals surface area contributed by atoms with Gasteiger partial charge in [0.05, 0.1) is 23.5 Å². The minimum absolute atomic E-state index is 0.185. The van der Waals surface area contributed by atoms with Crippen LogP contribution in [0.2, 0.25) is 5.28 Å². The lowest BCUT2D eigenvalue weighted by Crippen LogP contribution is -2.24. The Morgan fingerprint density at radius 3 is 2.56 bits per heavy atom. The number of anilines is 1. The van der Waals surface area contributed by atoms with Crippen molar-refractivity contribution in [1.29, 1.82) is 0 Å². The quantitative estimate of drug-likeness (QED) is 0.232. The molecular weight excluding hydrogens is 504 g/mol. The smallest absolute Gasteiger partial charge is 0.407 e. The Bertz CT molecular complexity index is 1440. The number of unbranched alkanes of at least 4 members (excludes halogenated alkanes) is 1. The first kappa shape index (κ1) is 25.4. The third kappa shape index (κ3) is 6.49. The standard InChI is InChI=1S/C24H25ClN6O4S/c1-17-21-22(29-23(25)28-17)31(16-27-21)13-5-6-14-35-24(32)26-15-18-9-11-19(12-10-18)30-36(33,34)20-7-3-2-4-8-20/h2-4,7-12,16,30H,5-6,13-15H2,1H3,(H,26,32). The van der Waals surface area contributed by atoms with E-state index in [1.54, 1.807) is 48.8 Å². The molecule has 36 heavy (non-hydrogen) atoms. The van der Waals surface area contributed by atoms with Crippen LogP contribution in [0.5, 0.6) is 0 Å². The lowest BCUT2D eigenvalue weighted by Gasteiger charge is -2.10. The maximum Gasteiger partial charge on any atom is 0.407 e. The minimum Gasteiger partial charge on any atom is -0.450 e. The largest absolute Gasteiger partial charge is 0.450 e. The zero-order valence-corrected chi connectivity index (χ0v) is 21.1. The average Bonchev–Trinajstić information content (AvgIpc) is 3.27. The van der Waals surface area contributed by atoms with E-state index in [-0.39, 0.29) is 23.3 Å². The summed E-state index contributed by atoms with van der Waals surface area (Å²) < 4.78 is 34.5. The van der Waals surface area contributed by atoms with Crippen molar-refractivity contribution in [2.45, 2.75) is 37.8 Å². The highest BCUT2D eigenvalue weighted by Gasteiger charge is 2.13. The Kier molecular flexibility index (Phi) is 8.01. The molecule has 2 N–H and O–H groups in total. The van der Waals surface area contributed by atoms with E-state index in [0.29, 0.717) is 24.3 Å². The van der Waals surface area contributed by atoms with Crippen LogP contribution in [0, 0.1) is 6.92 Å². The Balaban J connectivity index is 1.17. The van der Waals surface area contributed by atoms with E-state index in [2.05, 4.69) is 25.0 Å². The number of fused-ring (bicyclic) bond motifs is 1. The van der Waals surface area contributed by atoms with E-state index < -0.39 is 16.1 Å². The van der Waals surface area contributed by atoms with Crippen LogP contribution in [0.25, 0.3) is 11.2 Å². The zero-order valence-electron chi connectivity index (χ0n) is 19.5. The molecule has 0 saturated heterocycles. The van der Waals surface area contributed by atoms with Gasteiger partial charge in [0, 0.05) is 18.8 Å². The molecule has 4 aromatic rings. The lowest BCUT2D eigenvalue weighted by atomic mass is 10.2. The molecule has 2 aromatic carbocycles. The van der Waals surface area contributed by atoms with Crippen molar-refractivity contribution >= 4 is 44.6 Å². The van der Waals surface area contributed by atoms with Gasteiger partial charge in [0.2, 0.25) is 5.28 Å². The summed E-state index contributed by atoms with van der Waals surface area (Å²) in [5, 5.41) is 2.87. The van der Waals surface area contributed by atoms with Crippen LogP contribution in [0.3, 0.4) is 0 Å². The highest BCUT2D eigenvalue weighted by atomic mass is 35.5. The summed E-state index contributed by atoms with van der Waals surface area (Å²) in [4.78, 5) is 24.8. The van der Waals surface area contributed by atoms with Gasteiger partial charge in [-0.15, -0.1) is 0 Å². The molecule has 0 aliphatic heterocycles. The van der Waals surface area contributed by atoms with Crippen LogP contribution in [0.1, 0.15) is 24.1 Å². The molecule has 0 fully saturated rings. The van der Waals surface area contributed by atoms with Crippen LogP contribution in [0.4, 0.5) is 10.5 Å². The average molecular weight is 529 g/mol. The van der Waals surface area contributed by atoms with Gasteiger partial charge in [0.1, 0.15) is 5.52 Å². The molecule has 0 unspecified atom stereocenters. The summed E-state index contributed by atoms with van der Waals surface area (Å²) in [6, 6.07) is 14.9. The molecule has 188 valence electrons.